The van der Waals surface area contributed by atoms with Crippen LogP contribution in [0.4, 0.5) is 0 Å². The van der Waals surface area contributed by atoms with Crippen LogP contribution in [0.15, 0.2) is 4.99 Å². The Bertz CT molecular complexity index is 199. The Kier molecular flexibility index (Phi) is 10.5. The Morgan fingerprint density at radius 3 is 2.71 bits per heavy atom. The lowest BCUT2D eigenvalue weighted by atomic mass is 10.2. The molecule has 0 atom stereocenters. The molecule has 0 heterocycles. The van der Waals surface area contributed by atoms with Crippen LogP contribution in [0.3, 0.4) is 0 Å². The third kappa shape index (κ3) is 8.27. The second kappa shape index (κ2) is 10.7. The lowest BCUT2D eigenvalue weighted by Crippen LogP contribution is -2.13. The number of rotatable bonds is 6. The number of nitrogens with zero attached hydrogens (tertiary/aromatic N) is 2. The van der Waals surface area contributed by atoms with Crippen LogP contribution in [0.5, 0.6) is 0 Å². The fraction of sp³-hybridized carbons (Fsp3) is 0.778. The molecule has 0 unspecified atom stereocenters. The van der Waals surface area contributed by atoms with Crippen molar-refractivity contribution < 1.29 is 0 Å². The van der Waals surface area contributed by atoms with E-state index in [9.17, 15) is 0 Å². The summed E-state index contributed by atoms with van der Waals surface area (Å²) in [6, 6.07) is 0. The van der Waals surface area contributed by atoms with E-state index in [1.807, 2.05) is 24.2 Å². The summed E-state index contributed by atoms with van der Waals surface area (Å²) in [6.45, 7) is 0.819. The molecule has 1 N–H and O–H groups in total. The van der Waals surface area contributed by atoms with Gasteiger partial charge in [0.15, 0.2) is 11.4 Å². The van der Waals surface area contributed by atoms with Crippen molar-refractivity contribution in [3.63, 3.8) is 0 Å². The van der Waals surface area contributed by atoms with E-state index in [1.165, 1.54) is 30.4 Å². The number of aliphatic imine (C=N–C) groups is 1. The zero-order valence-electron chi connectivity index (χ0n) is 8.75. The first-order chi connectivity index (χ1) is 6.85. The van der Waals surface area contributed by atoms with Gasteiger partial charge in [0, 0.05) is 6.54 Å². The fourth-order valence-corrected chi connectivity index (χ4v) is 1.78. The van der Waals surface area contributed by atoms with Gasteiger partial charge in [0.2, 0.25) is 0 Å². The number of hydrogen-bond donors (Lipinski definition) is 1. The molecule has 5 heteroatoms. The van der Waals surface area contributed by atoms with E-state index in [1.54, 1.807) is 0 Å². The monoisotopic (exact) mass is 231 g/mol. The highest BCUT2D eigenvalue weighted by molar-refractivity contribution is 8.13. The minimum atomic E-state index is 0.720. The lowest BCUT2D eigenvalue weighted by Gasteiger charge is -1.99. The Morgan fingerprint density at radius 2 is 2.14 bits per heavy atom. The molecule has 0 aliphatic rings. The van der Waals surface area contributed by atoms with Crippen LogP contribution >= 0.6 is 23.5 Å². The highest BCUT2D eigenvalue weighted by Gasteiger charge is 1.93. The van der Waals surface area contributed by atoms with Crippen LogP contribution in [0.25, 0.3) is 0 Å². The van der Waals surface area contributed by atoms with Gasteiger partial charge in [-0.2, -0.15) is 17.0 Å². The van der Waals surface area contributed by atoms with E-state index in [-0.39, 0.29) is 0 Å². The Labute approximate surface area is 94.7 Å². The second-order valence-corrected chi connectivity index (χ2v) is 4.46. The number of hydrogen-bond acceptors (Lipinski definition) is 4. The van der Waals surface area contributed by atoms with Gasteiger partial charge in [-0.3, -0.25) is 10.3 Å². The van der Waals surface area contributed by atoms with Crippen molar-refractivity contribution in [2.45, 2.75) is 19.3 Å². The molecule has 0 aromatic carbocycles. The number of nitriles is 1. The van der Waals surface area contributed by atoms with Gasteiger partial charge in [0.05, 0.1) is 0 Å². The van der Waals surface area contributed by atoms with E-state index in [0.29, 0.717) is 0 Å². The summed E-state index contributed by atoms with van der Waals surface area (Å²) in [7, 11) is 0. The molecule has 0 aromatic heterocycles. The molecule has 14 heavy (non-hydrogen) atoms. The minimum absolute atomic E-state index is 0.720. The van der Waals surface area contributed by atoms with E-state index in [4.69, 9.17) is 5.26 Å². The van der Waals surface area contributed by atoms with Crippen LogP contribution in [0, 0.1) is 11.5 Å². The van der Waals surface area contributed by atoms with Crippen molar-refractivity contribution in [1.29, 1.82) is 5.26 Å². The van der Waals surface area contributed by atoms with Gasteiger partial charge in [-0.15, -0.1) is 0 Å². The quantitative estimate of drug-likeness (QED) is 0.250. The molecule has 0 radical (unpaired) electrons. The first-order valence-electron chi connectivity index (χ1n) is 4.57. The zero-order chi connectivity index (χ0) is 10.6. The topological polar surface area (TPSA) is 48.2 Å². The predicted octanol–water partition coefficient (Wildman–Crippen LogP) is 2.31. The summed E-state index contributed by atoms with van der Waals surface area (Å²) in [5, 5.41) is 11.7. The van der Waals surface area contributed by atoms with Gasteiger partial charge in [-0.05, 0) is 31.1 Å². The van der Waals surface area contributed by atoms with Gasteiger partial charge in [0.1, 0.15) is 0 Å². The average molecular weight is 231 g/mol. The van der Waals surface area contributed by atoms with Crippen LogP contribution in [0.2, 0.25) is 0 Å². The molecule has 80 valence electrons. The third-order valence-electron chi connectivity index (χ3n) is 1.62. The molecule has 0 aliphatic heterocycles. The van der Waals surface area contributed by atoms with E-state index in [2.05, 4.69) is 16.6 Å². The summed E-state index contributed by atoms with van der Waals surface area (Å²) in [5.74, 6) is 1.23. The molecular weight excluding hydrogens is 214 g/mol. The van der Waals surface area contributed by atoms with E-state index >= 15 is 0 Å². The molecule has 0 aromatic rings. The third-order valence-corrected chi connectivity index (χ3v) is 2.93. The molecule has 0 spiro atoms. The summed E-state index contributed by atoms with van der Waals surface area (Å²) in [5.41, 5.74) is 0. The predicted molar refractivity (Wildman–Crippen MR) is 66.8 cm³/mol. The van der Waals surface area contributed by atoms with Crippen LogP contribution in [-0.2, 0) is 0 Å². The number of unbranched alkanes of at least 4 members (excludes halogenated alkanes) is 2. The van der Waals surface area contributed by atoms with Gasteiger partial charge < -0.3 is 0 Å². The van der Waals surface area contributed by atoms with Gasteiger partial charge >= 0.3 is 0 Å². The SMILES string of the molecule is CSCCCCCN=C(NC#N)SC. The molecular formula is C9H17N3S2. The molecule has 0 rings (SSSR count). The Hall–Kier alpha value is -0.340. The molecule has 0 saturated carbocycles. The van der Waals surface area contributed by atoms with Crippen LogP contribution in [-0.4, -0.2) is 30.0 Å². The highest BCUT2D eigenvalue weighted by Crippen LogP contribution is 2.03. The van der Waals surface area contributed by atoms with Crippen molar-refractivity contribution in [3.8, 4) is 6.19 Å². The lowest BCUT2D eigenvalue weighted by molar-refractivity contribution is 0.733. The maximum atomic E-state index is 8.38. The Balaban J connectivity index is 3.44. The number of amidine groups is 1. The van der Waals surface area contributed by atoms with Crippen molar-refractivity contribution >= 4 is 28.7 Å². The molecule has 0 amide bonds. The van der Waals surface area contributed by atoms with Gasteiger partial charge in [-0.1, -0.05) is 18.2 Å². The molecule has 0 aliphatic carbocycles. The van der Waals surface area contributed by atoms with Gasteiger partial charge in [-0.25, -0.2) is 0 Å². The summed E-state index contributed by atoms with van der Waals surface area (Å²) >= 11 is 3.36. The summed E-state index contributed by atoms with van der Waals surface area (Å²) in [6.07, 6.45) is 9.50. The summed E-state index contributed by atoms with van der Waals surface area (Å²) < 4.78 is 0. The maximum Gasteiger partial charge on any atom is 0.183 e. The smallest absolute Gasteiger partial charge is 0.183 e. The van der Waals surface area contributed by atoms with E-state index in [0.717, 1.165) is 18.1 Å². The second-order valence-electron chi connectivity index (χ2n) is 2.68. The van der Waals surface area contributed by atoms with Gasteiger partial charge in [0.25, 0.3) is 0 Å². The number of nitrogens with one attached hydrogen (secondary N) is 1. The van der Waals surface area contributed by atoms with Crippen LogP contribution in [0.1, 0.15) is 19.3 Å². The zero-order valence-corrected chi connectivity index (χ0v) is 10.4. The first-order valence-corrected chi connectivity index (χ1v) is 7.19. The molecule has 3 nitrogen and oxygen atoms in total. The normalized spacial score (nSPS) is 11.1. The minimum Gasteiger partial charge on any atom is -0.272 e. The number of thioether (sulfide) groups is 2. The first kappa shape index (κ1) is 13.7. The fourth-order valence-electron chi connectivity index (χ4n) is 0.919. The molecule has 0 bridgehead atoms. The largest absolute Gasteiger partial charge is 0.272 e. The maximum absolute atomic E-state index is 8.38. The Morgan fingerprint density at radius 1 is 1.36 bits per heavy atom. The highest BCUT2D eigenvalue weighted by atomic mass is 32.2. The molecule has 0 saturated heterocycles. The van der Waals surface area contributed by atoms with Crippen molar-refractivity contribution in [2.24, 2.45) is 4.99 Å². The molecule has 0 fully saturated rings. The average Bonchev–Trinajstić information content (AvgIpc) is 2.21. The standard InChI is InChI=1S/C9H17N3S2/c1-13-7-5-3-4-6-11-9(14-2)12-8-10/h3-7H2,1-2H3,(H,11,12). The van der Waals surface area contributed by atoms with E-state index < -0.39 is 0 Å². The van der Waals surface area contributed by atoms with Crippen molar-refractivity contribution in [3.05, 3.63) is 0 Å². The summed E-state index contributed by atoms with van der Waals surface area (Å²) in [4.78, 5) is 4.27. The van der Waals surface area contributed by atoms with Crippen LogP contribution < -0.4 is 5.32 Å². The van der Waals surface area contributed by atoms with Crippen molar-refractivity contribution in [2.75, 3.05) is 24.8 Å². The van der Waals surface area contributed by atoms with Crippen molar-refractivity contribution in [1.82, 2.24) is 5.32 Å².